The SMILES string of the molecule is CC(C)(C)[Si](C)(C)O[C@H]1CC(=O)O[C@@H]1CO. The number of carbonyl (C=O) groups excluding carboxylic acids is 1. The molecule has 0 aliphatic carbocycles. The third kappa shape index (κ3) is 2.84. The number of carbonyl (C=O) groups is 1. The maximum atomic E-state index is 11.2. The molecule has 0 aromatic carbocycles. The lowest BCUT2D eigenvalue weighted by atomic mass is 10.2. The van der Waals surface area contributed by atoms with Gasteiger partial charge in [0.1, 0.15) is 0 Å². The van der Waals surface area contributed by atoms with E-state index in [4.69, 9.17) is 14.3 Å². The van der Waals surface area contributed by atoms with Crippen molar-refractivity contribution >= 4 is 14.3 Å². The molecule has 0 spiro atoms. The van der Waals surface area contributed by atoms with Gasteiger partial charge >= 0.3 is 5.97 Å². The lowest BCUT2D eigenvalue weighted by Gasteiger charge is -2.38. The summed E-state index contributed by atoms with van der Waals surface area (Å²) in [4.78, 5) is 11.2. The molecule has 0 unspecified atom stereocenters. The number of rotatable bonds is 3. The molecule has 5 heteroatoms. The zero-order valence-electron chi connectivity index (χ0n) is 10.7. The number of hydrogen-bond donors (Lipinski definition) is 1. The second-order valence-electron chi connectivity index (χ2n) is 5.83. The molecule has 0 amide bonds. The summed E-state index contributed by atoms with van der Waals surface area (Å²) in [7, 11) is -1.90. The van der Waals surface area contributed by atoms with E-state index in [-0.39, 0.29) is 30.1 Å². The van der Waals surface area contributed by atoms with E-state index in [2.05, 4.69) is 33.9 Å². The van der Waals surface area contributed by atoms with Crippen molar-refractivity contribution in [2.45, 2.75) is 57.5 Å². The molecular weight excluding hydrogens is 224 g/mol. The second-order valence-corrected chi connectivity index (χ2v) is 10.6. The molecule has 0 aromatic heterocycles. The van der Waals surface area contributed by atoms with Crippen LogP contribution in [0.5, 0.6) is 0 Å². The highest BCUT2D eigenvalue weighted by Gasteiger charge is 2.44. The predicted molar refractivity (Wildman–Crippen MR) is 63.7 cm³/mol. The van der Waals surface area contributed by atoms with Gasteiger partial charge in [0.2, 0.25) is 0 Å². The van der Waals surface area contributed by atoms with Gasteiger partial charge in [-0.15, -0.1) is 0 Å². The van der Waals surface area contributed by atoms with Crippen LogP contribution in [0.4, 0.5) is 0 Å². The molecule has 4 nitrogen and oxygen atoms in total. The summed E-state index contributed by atoms with van der Waals surface area (Å²) in [6, 6.07) is 0. The Labute approximate surface area is 98.1 Å². The normalized spacial score (nSPS) is 27.0. The molecule has 1 rings (SSSR count). The lowest BCUT2D eigenvalue weighted by molar-refractivity contribution is -0.143. The molecule has 1 aliphatic heterocycles. The first-order valence-electron chi connectivity index (χ1n) is 5.65. The average molecular weight is 246 g/mol. The minimum atomic E-state index is -1.90. The quantitative estimate of drug-likeness (QED) is 0.608. The van der Waals surface area contributed by atoms with E-state index in [1.807, 2.05) is 0 Å². The highest BCUT2D eigenvalue weighted by Crippen LogP contribution is 2.38. The van der Waals surface area contributed by atoms with Crippen LogP contribution in [-0.4, -0.2) is 38.2 Å². The maximum absolute atomic E-state index is 11.2. The molecule has 94 valence electrons. The summed E-state index contributed by atoms with van der Waals surface area (Å²) in [6.45, 7) is 10.5. The number of ether oxygens (including phenoxy) is 1. The minimum Gasteiger partial charge on any atom is -0.457 e. The molecule has 0 saturated carbocycles. The first kappa shape index (κ1) is 13.7. The molecule has 0 aromatic rings. The summed E-state index contributed by atoms with van der Waals surface area (Å²) < 4.78 is 11.1. The Hall–Kier alpha value is -0.393. The number of hydrogen-bond acceptors (Lipinski definition) is 4. The van der Waals surface area contributed by atoms with E-state index in [0.29, 0.717) is 0 Å². The van der Waals surface area contributed by atoms with Crippen molar-refractivity contribution in [1.29, 1.82) is 0 Å². The average Bonchev–Trinajstić information content (AvgIpc) is 2.43. The van der Waals surface area contributed by atoms with Gasteiger partial charge in [-0.2, -0.15) is 0 Å². The van der Waals surface area contributed by atoms with Gasteiger partial charge in [0.25, 0.3) is 0 Å². The molecule has 1 saturated heterocycles. The Morgan fingerprint density at radius 2 is 2.06 bits per heavy atom. The van der Waals surface area contributed by atoms with Crippen molar-refractivity contribution in [3.05, 3.63) is 0 Å². The largest absolute Gasteiger partial charge is 0.457 e. The topological polar surface area (TPSA) is 55.8 Å². The Morgan fingerprint density at radius 3 is 2.50 bits per heavy atom. The Bertz CT molecular complexity index is 270. The van der Waals surface area contributed by atoms with Crippen LogP contribution in [-0.2, 0) is 14.0 Å². The van der Waals surface area contributed by atoms with Crippen LogP contribution in [0.2, 0.25) is 18.1 Å². The third-order valence-corrected chi connectivity index (χ3v) is 8.00. The van der Waals surface area contributed by atoms with E-state index < -0.39 is 14.4 Å². The van der Waals surface area contributed by atoms with E-state index in [1.54, 1.807) is 0 Å². The van der Waals surface area contributed by atoms with Gasteiger partial charge in [0.15, 0.2) is 14.4 Å². The number of esters is 1. The summed E-state index contributed by atoms with van der Waals surface area (Å²) in [5.41, 5.74) is 0. The summed E-state index contributed by atoms with van der Waals surface area (Å²) in [6.07, 6.45) is -0.502. The van der Waals surface area contributed by atoms with Gasteiger partial charge < -0.3 is 14.3 Å². The van der Waals surface area contributed by atoms with E-state index in [0.717, 1.165) is 0 Å². The highest BCUT2D eigenvalue weighted by molar-refractivity contribution is 6.74. The Balaban J connectivity index is 2.70. The molecular formula is C11H22O4Si. The van der Waals surface area contributed by atoms with Crippen molar-refractivity contribution < 1.29 is 19.1 Å². The molecule has 1 aliphatic rings. The van der Waals surface area contributed by atoms with Gasteiger partial charge in [0.05, 0.1) is 19.1 Å². The molecule has 2 atom stereocenters. The van der Waals surface area contributed by atoms with Gasteiger partial charge in [0, 0.05) is 0 Å². The van der Waals surface area contributed by atoms with Gasteiger partial charge in [-0.3, -0.25) is 4.79 Å². The van der Waals surface area contributed by atoms with Crippen LogP contribution in [0.25, 0.3) is 0 Å². The maximum Gasteiger partial charge on any atom is 0.308 e. The summed E-state index contributed by atoms with van der Waals surface area (Å²) in [5, 5.41) is 9.21. The highest BCUT2D eigenvalue weighted by atomic mass is 28.4. The van der Waals surface area contributed by atoms with Crippen LogP contribution >= 0.6 is 0 Å². The van der Waals surface area contributed by atoms with E-state index in [1.165, 1.54) is 0 Å². The monoisotopic (exact) mass is 246 g/mol. The van der Waals surface area contributed by atoms with Crippen molar-refractivity contribution in [2.24, 2.45) is 0 Å². The zero-order valence-corrected chi connectivity index (χ0v) is 11.7. The molecule has 1 heterocycles. The molecule has 0 bridgehead atoms. The second kappa shape index (κ2) is 4.47. The van der Waals surface area contributed by atoms with Gasteiger partial charge in [-0.1, -0.05) is 20.8 Å². The van der Waals surface area contributed by atoms with Crippen LogP contribution in [0.15, 0.2) is 0 Å². The number of aliphatic hydroxyl groups is 1. The lowest BCUT2D eigenvalue weighted by Crippen LogP contribution is -2.46. The number of cyclic esters (lactones) is 1. The first-order chi connectivity index (χ1) is 7.17. The molecule has 16 heavy (non-hydrogen) atoms. The predicted octanol–water partition coefficient (Wildman–Crippen LogP) is 1.68. The van der Waals surface area contributed by atoms with Crippen LogP contribution in [0.1, 0.15) is 27.2 Å². The minimum absolute atomic E-state index is 0.0959. The van der Waals surface area contributed by atoms with Crippen LogP contribution in [0.3, 0.4) is 0 Å². The van der Waals surface area contributed by atoms with Crippen molar-refractivity contribution in [3.8, 4) is 0 Å². The fourth-order valence-corrected chi connectivity index (χ4v) is 2.76. The van der Waals surface area contributed by atoms with Crippen molar-refractivity contribution in [2.75, 3.05) is 6.61 Å². The fourth-order valence-electron chi connectivity index (χ4n) is 1.42. The standard InChI is InChI=1S/C11H22O4Si/c1-11(2,3)16(4,5)15-8-6-10(13)14-9(8)7-12/h8-9,12H,6-7H2,1-5H3/t8-,9+/m0/s1. The molecule has 1 fully saturated rings. The van der Waals surface area contributed by atoms with E-state index in [9.17, 15) is 4.79 Å². The summed E-state index contributed by atoms with van der Waals surface area (Å²) in [5.74, 6) is -0.275. The first-order valence-corrected chi connectivity index (χ1v) is 8.56. The number of aliphatic hydroxyl groups excluding tert-OH is 1. The molecule has 1 N–H and O–H groups in total. The van der Waals surface area contributed by atoms with Crippen LogP contribution < -0.4 is 0 Å². The van der Waals surface area contributed by atoms with Crippen LogP contribution in [0, 0.1) is 0 Å². The smallest absolute Gasteiger partial charge is 0.308 e. The van der Waals surface area contributed by atoms with Crippen molar-refractivity contribution in [3.63, 3.8) is 0 Å². The third-order valence-electron chi connectivity index (χ3n) is 3.50. The fraction of sp³-hybridized carbons (Fsp3) is 0.909. The van der Waals surface area contributed by atoms with Gasteiger partial charge in [-0.05, 0) is 18.1 Å². The molecule has 0 radical (unpaired) electrons. The Kier molecular flexibility index (Phi) is 3.82. The van der Waals surface area contributed by atoms with Gasteiger partial charge in [-0.25, -0.2) is 0 Å². The van der Waals surface area contributed by atoms with E-state index >= 15 is 0 Å². The summed E-state index contributed by atoms with van der Waals surface area (Å²) >= 11 is 0. The Morgan fingerprint density at radius 1 is 1.50 bits per heavy atom. The van der Waals surface area contributed by atoms with Crippen molar-refractivity contribution in [1.82, 2.24) is 0 Å². The zero-order chi connectivity index (χ0) is 12.6.